The van der Waals surface area contributed by atoms with Crippen LogP contribution in [-0.4, -0.2) is 24.2 Å². The van der Waals surface area contributed by atoms with Gasteiger partial charge in [0.05, 0.1) is 7.11 Å². The summed E-state index contributed by atoms with van der Waals surface area (Å²) in [4.78, 5) is 11.3. The number of hydrogen-bond acceptors (Lipinski definition) is 4. The predicted molar refractivity (Wildman–Crippen MR) is 61.4 cm³/mol. The van der Waals surface area contributed by atoms with Gasteiger partial charge < -0.3 is 15.6 Å². The Balaban J connectivity index is 2.85. The van der Waals surface area contributed by atoms with E-state index in [0.717, 1.165) is 18.4 Å². The number of esters is 1. The number of rotatable bonds is 4. The zero-order chi connectivity index (χ0) is 12.1. The van der Waals surface area contributed by atoms with Crippen LogP contribution in [0.5, 0.6) is 5.75 Å². The van der Waals surface area contributed by atoms with Crippen LogP contribution in [0.15, 0.2) is 18.2 Å². The minimum absolute atomic E-state index is 0.0589. The summed E-state index contributed by atoms with van der Waals surface area (Å²) in [6.45, 7) is 1.93. The summed E-state index contributed by atoms with van der Waals surface area (Å²) in [7, 11) is 1.29. The minimum atomic E-state index is -0.528. The van der Waals surface area contributed by atoms with Crippen LogP contribution in [-0.2, 0) is 11.2 Å². The van der Waals surface area contributed by atoms with Crippen molar-refractivity contribution in [1.82, 2.24) is 0 Å². The topological polar surface area (TPSA) is 72.5 Å². The molecule has 0 radical (unpaired) electrons. The molecule has 0 amide bonds. The summed E-state index contributed by atoms with van der Waals surface area (Å²) >= 11 is 0. The predicted octanol–water partition coefficient (Wildman–Crippen LogP) is 1.46. The van der Waals surface area contributed by atoms with Gasteiger partial charge in [0, 0.05) is 6.04 Å². The van der Waals surface area contributed by atoms with Crippen molar-refractivity contribution in [3.8, 4) is 5.75 Å². The van der Waals surface area contributed by atoms with Crippen molar-refractivity contribution in [2.24, 2.45) is 5.73 Å². The lowest BCUT2D eigenvalue weighted by Crippen LogP contribution is -2.15. The maximum absolute atomic E-state index is 11.3. The lowest BCUT2D eigenvalue weighted by Gasteiger charge is -2.07. The second-order valence-corrected chi connectivity index (χ2v) is 3.86. The molecule has 0 aliphatic heterocycles. The number of carbonyl (C=O) groups excluding carboxylic acids is 1. The Morgan fingerprint density at radius 2 is 2.25 bits per heavy atom. The fraction of sp³-hybridized carbons (Fsp3) is 0.417. The van der Waals surface area contributed by atoms with E-state index in [-0.39, 0.29) is 17.4 Å². The average molecular weight is 223 g/mol. The van der Waals surface area contributed by atoms with E-state index in [9.17, 15) is 9.90 Å². The van der Waals surface area contributed by atoms with Gasteiger partial charge in [-0.15, -0.1) is 0 Å². The number of carbonyl (C=O) groups is 1. The SMILES string of the molecule is COC(=O)c1cc(CC[C@@H](C)N)ccc1O. The first kappa shape index (κ1) is 12.5. The van der Waals surface area contributed by atoms with Crippen molar-refractivity contribution in [2.45, 2.75) is 25.8 Å². The molecule has 0 bridgehead atoms. The van der Waals surface area contributed by atoms with Gasteiger partial charge in [-0.2, -0.15) is 0 Å². The highest BCUT2D eigenvalue weighted by Crippen LogP contribution is 2.20. The third-order valence-corrected chi connectivity index (χ3v) is 2.35. The fourth-order valence-corrected chi connectivity index (χ4v) is 1.41. The molecule has 0 saturated carbocycles. The van der Waals surface area contributed by atoms with Gasteiger partial charge in [0.25, 0.3) is 0 Å². The molecule has 0 spiro atoms. The molecule has 4 heteroatoms. The summed E-state index contributed by atoms with van der Waals surface area (Å²) in [5.41, 5.74) is 6.82. The largest absolute Gasteiger partial charge is 0.507 e. The van der Waals surface area contributed by atoms with Gasteiger partial charge in [0.2, 0.25) is 0 Å². The zero-order valence-corrected chi connectivity index (χ0v) is 9.56. The van der Waals surface area contributed by atoms with E-state index in [0.29, 0.717) is 0 Å². The van der Waals surface area contributed by atoms with Crippen molar-refractivity contribution in [3.05, 3.63) is 29.3 Å². The van der Waals surface area contributed by atoms with Crippen molar-refractivity contribution in [3.63, 3.8) is 0 Å². The van der Waals surface area contributed by atoms with Gasteiger partial charge in [-0.05, 0) is 37.5 Å². The minimum Gasteiger partial charge on any atom is -0.507 e. The van der Waals surface area contributed by atoms with E-state index < -0.39 is 5.97 Å². The summed E-state index contributed by atoms with van der Waals surface area (Å²) in [5.74, 6) is -0.587. The van der Waals surface area contributed by atoms with Crippen LogP contribution in [0.3, 0.4) is 0 Å². The van der Waals surface area contributed by atoms with Crippen LogP contribution < -0.4 is 5.73 Å². The van der Waals surface area contributed by atoms with Crippen molar-refractivity contribution < 1.29 is 14.6 Å². The molecule has 1 aromatic carbocycles. The summed E-state index contributed by atoms with van der Waals surface area (Å²) in [6.07, 6.45) is 1.62. The smallest absolute Gasteiger partial charge is 0.341 e. The highest BCUT2D eigenvalue weighted by atomic mass is 16.5. The molecule has 0 aliphatic rings. The Bertz CT molecular complexity index is 375. The summed E-state index contributed by atoms with van der Waals surface area (Å²) in [5, 5.41) is 9.49. The summed E-state index contributed by atoms with van der Waals surface area (Å²) in [6, 6.07) is 5.05. The van der Waals surface area contributed by atoms with Gasteiger partial charge >= 0.3 is 5.97 Å². The van der Waals surface area contributed by atoms with Crippen LogP contribution in [0.4, 0.5) is 0 Å². The molecule has 0 saturated heterocycles. The van der Waals surface area contributed by atoms with Crippen molar-refractivity contribution in [1.29, 1.82) is 0 Å². The number of methoxy groups -OCH3 is 1. The molecule has 1 aromatic rings. The molecule has 16 heavy (non-hydrogen) atoms. The van der Waals surface area contributed by atoms with Crippen molar-refractivity contribution in [2.75, 3.05) is 7.11 Å². The van der Waals surface area contributed by atoms with Gasteiger partial charge in [0.1, 0.15) is 11.3 Å². The summed E-state index contributed by atoms with van der Waals surface area (Å²) < 4.78 is 4.57. The van der Waals surface area contributed by atoms with E-state index in [1.165, 1.54) is 13.2 Å². The molecule has 0 unspecified atom stereocenters. The Labute approximate surface area is 95.0 Å². The number of phenols is 1. The molecule has 0 aliphatic carbocycles. The average Bonchev–Trinajstić information content (AvgIpc) is 2.27. The normalized spacial score (nSPS) is 12.2. The van der Waals surface area contributed by atoms with Crippen molar-refractivity contribution >= 4 is 5.97 Å². The zero-order valence-electron chi connectivity index (χ0n) is 9.56. The Hall–Kier alpha value is -1.55. The molecule has 0 heterocycles. The molecular weight excluding hydrogens is 206 g/mol. The van der Waals surface area contributed by atoms with Gasteiger partial charge in [0.15, 0.2) is 0 Å². The molecular formula is C12H17NO3. The monoisotopic (exact) mass is 223 g/mol. The highest BCUT2D eigenvalue weighted by Gasteiger charge is 2.12. The number of phenolic OH excluding ortho intramolecular Hbond substituents is 1. The molecule has 88 valence electrons. The number of aromatic hydroxyl groups is 1. The van der Waals surface area contributed by atoms with E-state index in [4.69, 9.17) is 5.73 Å². The molecule has 1 rings (SSSR count). The highest BCUT2D eigenvalue weighted by molar-refractivity contribution is 5.92. The van der Waals surface area contributed by atoms with Crippen LogP contribution in [0.1, 0.15) is 29.3 Å². The Morgan fingerprint density at radius 3 is 2.81 bits per heavy atom. The number of ether oxygens (including phenoxy) is 1. The molecule has 4 nitrogen and oxygen atoms in total. The number of aryl methyl sites for hydroxylation is 1. The molecule has 0 aromatic heterocycles. The Morgan fingerprint density at radius 1 is 1.56 bits per heavy atom. The number of nitrogens with two attached hydrogens (primary N) is 1. The second-order valence-electron chi connectivity index (χ2n) is 3.86. The molecule has 1 atom stereocenters. The molecule has 3 N–H and O–H groups in total. The first-order chi connectivity index (χ1) is 7.54. The number of benzene rings is 1. The maximum atomic E-state index is 11.3. The fourth-order valence-electron chi connectivity index (χ4n) is 1.41. The van der Waals surface area contributed by atoms with E-state index in [2.05, 4.69) is 4.74 Å². The third-order valence-electron chi connectivity index (χ3n) is 2.35. The first-order valence-electron chi connectivity index (χ1n) is 5.20. The first-order valence-corrected chi connectivity index (χ1v) is 5.20. The van der Waals surface area contributed by atoms with Gasteiger partial charge in [-0.3, -0.25) is 0 Å². The standard InChI is InChI=1S/C12H17NO3/c1-8(13)3-4-9-5-6-11(14)10(7-9)12(15)16-2/h5-8,14H,3-4,13H2,1-2H3/t8-/m1/s1. The van der Waals surface area contributed by atoms with E-state index in [1.807, 2.05) is 6.92 Å². The molecule has 0 fully saturated rings. The van der Waals surface area contributed by atoms with Crippen LogP contribution in [0.2, 0.25) is 0 Å². The van der Waals surface area contributed by atoms with E-state index >= 15 is 0 Å². The van der Waals surface area contributed by atoms with Gasteiger partial charge in [-0.25, -0.2) is 4.79 Å². The van der Waals surface area contributed by atoms with Crippen LogP contribution in [0.25, 0.3) is 0 Å². The maximum Gasteiger partial charge on any atom is 0.341 e. The van der Waals surface area contributed by atoms with Crippen LogP contribution >= 0.6 is 0 Å². The lowest BCUT2D eigenvalue weighted by molar-refractivity contribution is 0.0597. The van der Waals surface area contributed by atoms with Gasteiger partial charge in [-0.1, -0.05) is 6.07 Å². The third kappa shape index (κ3) is 3.24. The Kier molecular flexibility index (Phi) is 4.31. The number of hydrogen-bond donors (Lipinski definition) is 2. The van der Waals surface area contributed by atoms with Crippen LogP contribution in [0, 0.1) is 0 Å². The van der Waals surface area contributed by atoms with E-state index in [1.54, 1.807) is 12.1 Å². The second kappa shape index (κ2) is 5.51. The quantitative estimate of drug-likeness (QED) is 0.758. The lowest BCUT2D eigenvalue weighted by atomic mass is 10.0.